The molecule has 1 aromatic carbocycles. The lowest BCUT2D eigenvalue weighted by molar-refractivity contribution is 0.679. The summed E-state index contributed by atoms with van der Waals surface area (Å²) in [6.07, 6.45) is 8.70. The fraction of sp³-hybridized carbons (Fsp3) is 0.429. The molecule has 0 bridgehead atoms. The Kier molecular flexibility index (Phi) is 4.32. The molecular weight excluding hydrogens is 232 g/mol. The molecule has 0 saturated carbocycles. The number of nitrogen functional groups attached to an aromatic ring is 1. The van der Waals surface area contributed by atoms with Crippen molar-refractivity contribution >= 4 is 23.0 Å². The minimum absolute atomic E-state index is 0.697. The molecule has 0 radical (unpaired) electrons. The van der Waals surface area contributed by atoms with Gasteiger partial charge < -0.3 is 11.1 Å². The zero-order chi connectivity index (χ0) is 12.1. The normalized spacial score (nSPS) is 15.5. The van der Waals surface area contributed by atoms with Gasteiger partial charge in [-0.25, -0.2) is 0 Å². The first kappa shape index (κ1) is 12.3. The number of hydrogen-bond donors (Lipinski definition) is 2. The Morgan fingerprint density at radius 3 is 2.88 bits per heavy atom. The SMILES string of the molecule is Nc1ccc(NCCC2=CCCCC2)c(Cl)c1. The van der Waals surface area contributed by atoms with E-state index in [-0.39, 0.29) is 0 Å². The van der Waals surface area contributed by atoms with Crippen LogP contribution in [0, 0.1) is 0 Å². The molecule has 1 aromatic rings. The molecule has 0 aliphatic heterocycles. The molecule has 0 aromatic heterocycles. The summed E-state index contributed by atoms with van der Waals surface area (Å²) < 4.78 is 0. The van der Waals surface area contributed by atoms with Crippen molar-refractivity contribution in [1.82, 2.24) is 0 Å². The zero-order valence-electron chi connectivity index (χ0n) is 10.0. The molecule has 0 amide bonds. The molecule has 0 heterocycles. The lowest BCUT2D eigenvalue weighted by atomic mass is 9.97. The Labute approximate surface area is 108 Å². The first-order valence-electron chi connectivity index (χ1n) is 6.22. The van der Waals surface area contributed by atoms with Crippen LogP contribution in [0.5, 0.6) is 0 Å². The van der Waals surface area contributed by atoms with E-state index in [1.807, 2.05) is 12.1 Å². The highest BCUT2D eigenvalue weighted by atomic mass is 35.5. The van der Waals surface area contributed by atoms with Gasteiger partial charge in [0, 0.05) is 12.2 Å². The number of benzene rings is 1. The molecule has 0 atom stereocenters. The maximum Gasteiger partial charge on any atom is 0.0657 e. The number of hydrogen-bond acceptors (Lipinski definition) is 2. The van der Waals surface area contributed by atoms with E-state index in [1.165, 1.54) is 25.7 Å². The Morgan fingerprint density at radius 1 is 1.29 bits per heavy atom. The van der Waals surface area contributed by atoms with Gasteiger partial charge in [0.15, 0.2) is 0 Å². The third kappa shape index (κ3) is 3.67. The molecule has 3 N–H and O–H groups in total. The second-order valence-corrected chi connectivity index (χ2v) is 4.93. The second kappa shape index (κ2) is 5.97. The molecule has 0 unspecified atom stereocenters. The predicted molar refractivity (Wildman–Crippen MR) is 75.5 cm³/mol. The minimum atomic E-state index is 0.697. The van der Waals surface area contributed by atoms with E-state index < -0.39 is 0 Å². The Bertz CT molecular complexity index is 413. The van der Waals surface area contributed by atoms with Crippen molar-refractivity contribution in [2.24, 2.45) is 0 Å². The van der Waals surface area contributed by atoms with Crippen LogP contribution in [0.25, 0.3) is 0 Å². The summed E-state index contributed by atoms with van der Waals surface area (Å²) in [5.41, 5.74) is 8.90. The van der Waals surface area contributed by atoms with Gasteiger partial charge in [-0.2, -0.15) is 0 Å². The number of rotatable bonds is 4. The molecule has 92 valence electrons. The van der Waals surface area contributed by atoms with Gasteiger partial charge in [-0.3, -0.25) is 0 Å². The maximum atomic E-state index is 6.09. The summed E-state index contributed by atoms with van der Waals surface area (Å²) in [7, 11) is 0. The number of halogens is 1. The van der Waals surface area contributed by atoms with Gasteiger partial charge in [0.25, 0.3) is 0 Å². The van der Waals surface area contributed by atoms with Crippen molar-refractivity contribution in [3.8, 4) is 0 Å². The van der Waals surface area contributed by atoms with Gasteiger partial charge in [-0.15, -0.1) is 0 Å². The van der Waals surface area contributed by atoms with E-state index in [2.05, 4.69) is 11.4 Å². The smallest absolute Gasteiger partial charge is 0.0657 e. The highest BCUT2D eigenvalue weighted by molar-refractivity contribution is 6.33. The van der Waals surface area contributed by atoms with E-state index >= 15 is 0 Å². The second-order valence-electron chi connectivity index (χ2n) is 4.52. The lowest BCUT2D eigenvalue weighted by Crippen LogP contribution is -2.05. The molecule has 0 spiro atoms. The summed E-state index contributed by atoms with van der Waals surface area (Å²) >= 11 is 6.09. The first-order chi connectivity index (χ1) is 8.25. The number of anilines is 2. The molecule has 1 aliphatic rings. The predicted octanol–water partition coefficient (Wildman–Crippen LogP) is 4.22. The average molecular weight is 251 g/mol. The Hall–Kier alpha value is -1.15. The standard InChI is InChI=1S/C14H19ClN2/c15-13-10-12(16)6-7-14(13)17-9-8-11-4-2-1-3-5-11/h4,6-7,10,17H,1-3,5,8-9,16H2. The van der Waals surface area contributed by atoms with Crippen LogP contribution < -0.4 is 11.1 Å². The zero-order valence-corrected chi connectivity index (χ0v) is 10.8. The summed E-state index contributed by atoms with van der Waals surface area (Å²) in [4.78, 5) is 0. The average Bonchev–Trinajstić information content (AvgIpc) is 2.33. The summed E-state index contributed by atoms with van der Waals surface area (Å²) in [5, 5.41) is 4.06. The molecule has 3 heteroatoms. The minimum Gasteiger partial charge on any atom is -0.399 e. The van der Waals surface area contributed by atoms with Crippen molar-refractivity contribution in [3.05, 3.63) is 34.9 Å². The third-order valence-corrected chi connectivity index (χ3v) is 3.45. The molecule has 1 aliphatic carbocycles. The van der Waals surface area contributed by atoms with E-state index in [0.717, 1.165) is 18.7 Å². The van der Waals surface area contributed by atoms with Crippen molar-refractivity contribution in [2.45, 2.75) is 32.1 Å². The topological polar surface area (TPSA) is 38.0 Å². The van der Waals surface area contributed by atoms with Crippen LogP contribution in [0.4, 0.5) is 11.4 Å². The third-order valence-electron chi connectivity index (χ3n) is 3.14. The van der Waals surface area contributed by atoms with Crippen molar-refractivity contribution < 1.29 is 0 Å². The molecule has 0 saturated heterocycles. The highest BCUT2D eigenvalue weighted by Crippen LogP contribution is 2.25. The number of nitrogens with one attached hydrogen (secondary N) is 1. The van der Waals surface area contributed by atoms with Crippen LogP contribution in [-0.2, 0) is 0 Å². The van der Waals surface area contributed by atoms with Crippen molar-refractivity contribution in [2.75, 3.05) is 17.6 Å². The van der Waals surface area contributed by atoms with E-state index in [1.54, 1.807) is 11.6 Å². The van der Waals surface area contributed by atoms with Gasteiger partial charge in [0.1, 0.15) is 0 Å². The fourth-order valence-corrected chi connectivity index (χ4v) is 2.42. The quantitative estimate of drug-likeness (QED) is 0.620. The summed E-state index contributed by atoms with van der Waals surface area (Å²) in [6.45, 7) is 0.940. The lowest BCUT2D eigenvalue weighted by Gasteiger charge is -2.14. The van der Waals surface area contributed by atoms with Crippen LogP contribution in [0.15, 0.2) is 29.8 Å². The first-order valence-corrected chi connectivity index (χ1v) is 6.60. The van der Waals surface area contributed by atoms with Gasteiger partial charge >= 0.3 is 0 Å². The van der Waals surface area contributed by atoms with Crippen LogP contribution in [-0.4, -0.2) is 6.54 Å². The van der Waals surface area contributed by atoms with Crippen LogP contribution in [0.2, 0.25) is 5.02 Å². The van der Waals surface area contributed by atoms with E-state index in [4.69, 9.17) is 17.3 Å². The molecular formula is C14H19ClN2. The maximum absolute atomic E-state index is 6.09. The highest BCUT2D eigenvalue weighted by Gasteiger charge is 2.04. The fourth-order valence-electron chi connectivity index (χ4n) is 2.16. The van der Waals surface area contributed by atoms with Crippen LogP contribution in [0.3, 0.4) is 0 Å². The van der Waals surface area contributed by atoms with Crippen molar-refractivity contribution in [1.29, 1.82) is 0 Å². The monoisotopic (exact) mass is 250 g/mol. The molecule has 0 fully saturated rings. The largest absolute Gasteiger partial charge is 0.399 e. The van der Waals surface area contributed by atoms with Crippen LogP contribution >= 0.6 is 11.6 Å². The van der Waals surface area contributed by atoms with Gasteiger partial charge in [0.05, 0.1) is 10.7 Å². The summed E-state index contributed by atoms with van der Waals surface area (Å²) in [5.74, 6) is 0. The molecule has 2 nitrogen and oxygen atoms in total. The number of nitrogens with two attached hydrogens (primary N) is 1. The Balaban J connectivity index is 1.83. The van der Waals surface area contributed by atoms with Gasteiger partial charge in [-0.1, -0.05) is 23.3 Å². The number of allylic oxidation sites excluding steroid dienone is 1. The summed E-state index contributed by atoms with van der Waals surface area (Å²) in [6, 6.07) is 5.59. The molecule has 17 heavy (non-hydrogen) atoms. The van der Waals surface area contributed by atoms with Gasteiger partial charge in [0.2, 0.25) is 0 Å². The van der Waals surface area contributed by atoms with Gasteiger partial charge in [-0.05, 0) is 50.3 Å². The Morgan fingerprint density at radius 2 is 2.18 bits per heavy atom. The van der Waals surface area contributed by atoms with Crippen LogP contribution in [0.1, 0.15) is 32.1 Å². The molecule has 2 rings (SSSR count). The van der Waals surface area contributed by atoms with E-state index in [0.29, 0.717) is 10.7 Å². The van der Waals surface area contributed by atoms with Crippen molar-refractivity contribution in [3.63, 3.8) is 0 Å². The van der Waals surface area contributed by atoms with E-state index in [9.17, 15) is 0 Å².